The Kier molecular flexibility index (Phi) is 3.80. The van der Waals surface area contributed by atoms with Gasteiger partial charge in [-0.25, -0.2) is 4.98 Å². The first-order chi connectivity index (χ1) is 9.10. The molecule has 98 valence electrons. The quantitative estimate of drug-likeness (QED) is 0.918. The van der Waals surface area contributed by atoms with Crippen LogP contribution in [-0.2, 0) is 0 Å². The first kappa shape index (κ1) is 13.1. The molecule has 0 radical (unpaired) electrons. The highest BCUT2D eigenvalue weighted by Crippen LogP contribution is 2.18. The van der Waals surface area contributed by atoms with Crippen LogP contribution in [0.2, 0.25) is 0 Å². The van der Waals surface area contributed by atoms with Crippen molar-refractivity contribution >= 4 is 11.7 Å². The van der Waals surface area contributed by atoms with Gasteiger partial charge >= 0.3 is 0 Å². The number of hydrogen-bond acceptors (Lipinski definition) is 3. The third-order valence-corrected chi connectivity index (χ3v) is 2.84. The van der Waals surface area contributed by atoms with Crippen molar-refractivity contribution in [3.63, 3.8) is 0 Å². The second-order valence-corrected chi connectivity index (χ2v) is 4.36. The number of anilines is 1. The van der Waals surface area contributed by atoms with E-state index in [1.54, 1.807) is 25.4 Å². The molecular formula is C15H16N2O2. The predicted molar refractivity (Wildman–Crippen MR) is 74.7 cm³/mol. The molecule has 1 heterocycles. The summed E-state index contributed by atoms with van der Waals surface area (Å²) in [4.78, 5) is 16.3. The molecule has 19 heavy (non-hydrogen) atoms. The second-order valence-electron chi connectivity index (χ2n) is 4.36. The first-order valence-electron chi connectivity index (χ1n) is 5.99. The van der Waals surface area contributed by atoms with Gasteiger partial charge in [0.25, 0.3) is 5.91 Å². The minimum Gasteiger partial charge on any atom is -0.497 e. The lowest BCUT2D eigenvalue weighted by molar-refractivity contribution is 0.102. The zero-order chi connectivity index (χ0) is 13.8. The number of rotatable bonds is 3. The van der Waals surface area contributed by atoms with Crippen LogP contribution in [0.25, 0.3) is 0 Å². The molecule has 0 aliphatic rings. The van der Waals surface area contributed by atoms with Crippen LogP contribution in [-0.4, -0.2) is 18.0 Å². The van der Waals surface area contributed by atoms with Crippen molar-refractivity contribution in [2.75, 3.05) is 12.4 Å². The Morgan fingerprint density at radius 2 is 2.00 bits per heavy atom. The van der Waals surface area contributed by atoms with Gasteiger partial charge in [0, 0.05) is 11.8 Å². The third-order valence-electron chi connectivity index (χ3n) is 2.84. The highest BCUT2D eigenvalue weighted by atomic mass is 16.5. The summed E-state index contributed by atoms with van der Waals surface area (Å²) in [6.45, 7) is 3.84. The SMILES string of the molecule is COc1ccc(C)c(C(=O)Nc2ccc(C)cn2)c1. The Hall–Kier alpha value is -2.36. The van der Waals surface area contributed by atoms with E-state index in [9.17, 15) is 4.79 Å². The summed E-state index contributed by atoms with van der Waals surface area (Å²) in [6.07, 6.45) is 1.72. The number of amides is 1. The Balaban J connectivity index is 2.22. The van der Waals surface area contributed by atoms with Crippen LogP contribution in [0.15, 0.2) is 36.5 Å². The highest BCUT2D eigenvalue weighted by Gasteiger charge is 2.11. The smallest absolute Gasteiger partial charge is 0.257 e. The van der Waals surface area contributed by atoms with Crippen molar-refractivity contribution in [3.05, 3.63) is 53.2 Å². The lowest BCUT2D eigenvalue weighted by Gasteiger charge is -2.09. The molecule has 1 aromatic carbocycles. The molecule has 2 aromatic rings. The molecule has 0 spiro atoms. The standard InChI is InChI=1S/C15H16N2O2/c1-10-4-7-14(16-9-10)17-15(18)13-8-12(19-3)6-5-11(13)2/h4-9H,1-3H3,(H,16,17,18). The summed E-state index contributed by atoms with van der Waals surface area (Å²) in [7, 11) is 1.58. The van der Waals surface area contributed by atoms with Crippen LogP contribution in [0.3, 0.4) is 0 Å². The van der Waals surface area contributed by atoms with Crippen molar-refractivity contribution in [1.29, 1.82) is 0 Å². The van der Waals surface area contributed by atoms with E-state index in [2.05, 4.69) is 10.3 Å². The molecule has 1 aromatic heterocycles. The van der Waals surface area contributed by atoms with Gasteiger partial charge in [0.1, 0.15) is 11.6 Å². The Morgan fingerprint density at radius 3 is 2.63 bits per heavy atom. The Morgan fingerprint density at radius 1 is 1.21 bits per heavy atom. The molecule has 0 aliphatic carbocycles. The van der Waals surface area contributed by atoms with Gasteiger partial charge in [-0.1, -0.05) is 12.1 Å². The zero-order valence-electron chi connectivity index (χ0n) is 11.2. The molecule has 1 N–H and O–H groups in total. The Labute approximate surface area is 112 Å². The monoisotopic (exact) mass is 256 g/mol. The molecule has 0 bridgehead atoms. The van der Waals surface area contributed by atoms with E-state index in [0.717, 1.165) is 11.1 Å². The molecule has 0 fully saturated rings. The predicted octanol–water partition coefficient (Wildman–Crippen LogP) is 2.96. The Bertz CT molecular complexity index is 592. The van der Waals surface area contributed by atoms with Crippen molar-refractivity contribution in [2.24, 2.45) is 0 Å². The molecule has 0 aliphatic heterocycles. The van der Waals surface area contributed by atoms with Crippen molar-refractivity contribution in [2.45, 2.75) is 13.8 Å². The molecule has 0 unspecified atom stereocenters. The summed E-state index contributed by atoms with van der Waals surface area (Å²) >= 11 is 0. The van der Waals surface area contributed by atoms with Gasteiger partial charge in [0.05, 0.1) is 7.11 Å². The van der Waals surface area contributed by atoms with Gasteiger partial charge < -0.3 is 10.1 Å². The minimum atomic E-state index is -0.187. The molecule has 0 saturated heterocycles. The van der Waals surface area contributed by atoms with Gasteiger partial charge in [-0.2, -0.15) is 0 Å². The van der Waals surface area contributed by atoms with Crippen LogP contribution < -0.4 is 10.1 Å². The van der Waals surface area contributed by atoms with Crippen LogP contribution in [0.5, 0.6) is 5.75 Å². The molecule has 1 amide bonds. The van der Waals surface area contributed by atoms with Crippen LogP contribution in [0.1, 0.15) is 21.5 Å². The average molecular weight is 256 g/mol. The maximum atomic E-state index is 12.2. The number of methoxy groups -OCH3 is 1. The van der Waals surface area contributed by atoms with E-state index in [-0.39, 0.29) is 5.91 Å². The van der Waals surface area contributed by atoms with Gasteiger partial charge in [0.2, 0.25) is 0 Å². The van der Waals surface area contributed by atoms with Crippen molar-refractivity contribution in [3.8, 4) is 5.75 Å². The first-order valence-corrected chi connectivity index (χ1v) is 5.99. The van der Waals surface area contributed by atoms with Crippen molar-refractivity contribution < 1.29 is 9.53 Å². The van der Waals surface area contributed by atoms with Crippen LogP contribution in [0, 0.1) is 13.8 Å². The summed E-state index contributed by atoms with van der Waals surface area (Å²) in [5, 5.41) is 2.77. The molecule has 0 atom stereocenters. The normalized spacial score (nSPS) is 10.1. The fourth-order valence-electron chi connectivity index (χ4n) is 1.70. The van der Waals surface area contributed by atoms with Gasteiger partial charge in [-0.3, -0.25) is 4.79 Å². The maximum Gasteiger partial charge on any atom is 0.257 e. The number of carbonyl (C=O) groups is 1. The number of benzene rings is 1. The zero-order valence-corrected chi connectivity index (χ0v) is 11.2. The van der Waals surface area contributed by atoms with E-state index in [0.29, 0.717) is 17.1 Å². The van der Waals surface area contributed by atoms with E-state index in [1.165, 1.54) is 0 Å². The number of hydrogen-bond donors (Lipinski definition) is 1. The molecular weight excluding hydrogens is 240 g/mol. The molecule has 4 heteroatoms. The highest BCUT2D eigenvalue weighted by molar-refractivity contribution is 6.05. The van der Waals surface area contributed by atoms with Gasteiger partial charge in [-0.15, -0.1) is 0 Å². The fourth-order valence-corrected chi connectivity index (χ4v) is 1.70. The number of nitrogens with one attached hydrogen (secondary N) is 1. The lowest BCUT2D eigenvalue weighted by Crippen LogP contribution is -2.14. The summed E-state index contributed by atoms with van der Waals surface area (Å²) in [5.74, 6) is 1.01. The molecule has 2 rings (SSSR count). The van der Waals surface area contributed by atoms with Crippen LogP contribution in [0.4, 0.5) is 5.82 Å². The molecule has 0 saturated carbocycles. The molecule has 4 nitrogen and oxygen atoms in total. The van der Waals surface area contributed by atoms with E-state index >= 15 is 0 Å². The minimum absolute atomic E-state index is 0.187. The van der Waals surface area contributed by atoms with E-state index < -0.39 is 0 Å². The second kappa shape index (κ2) is 5.52. The van der Waals surface area contributed by atoms with E-state index in [4.69, 9.17) is 4.74 Å². The number of nitrogens with zero attached hydrogens (tertiary/aromatic N) is 1. The van der Waals surface area contributed by atoms with E-state index in [1.807, 2.05) is 32.0 Å². The fraction of sp³-hybridized carbons (Fsp3) is 0.200. The maximum absolute atomic E-state index is 12.2. The number of ether oxygens (including phenoxy) is 1. The summed E-state index contributed by atoms with van der Waals surface area (Å²) < 4.78 is 5.13. The number of pyridine rings is 1. The average Bonchev–Trinajstić information content (AvgIpc) is 2.42. The number of aryl methyl sites for hydroxylation is 2. The largest absolute Gasteiger partial charge is 0.497 e. The topological polar surface area (TPSA) is 51.2 Å². The third kappa shape index (κ3) is 3.10. The van der Waals surface area contributed by atoms with Crippen LogP contribution >= 0.6 is 0 Å². The number of aromatic nitrogens is 1. The van der Waals surface area contributed by atoms with Crippen molar-refractivity contribution in [1.82, 2.24) is 4.98 Å². The van der Waals surface area contributed by atoms with Gasteiger partial charge in [0.15, 0.2) is 0 Å². The van der Waals surface area contributed by atoms with Gasteiger partial charge in [-0.05, 0) is 43.2 Å². The number of carbonyl (C=O) groups excluding carboxylic acids is 1. The summed E-state index contributed by atoms with van der Waals surface area (Å²) in [6, 6.07) is 9.09. The summed E-state index contributed by atoms with van der Waals surface area (Å²) in [5.41, 5.74) is 2.53. The lowest BCUT2D eigenvalue weighted by atomic mass is 10.1.